The molecule has 0 radical (unpaired) electrons. The van der Waals surface area contributed by atoms with Crippen LogP contribution in [0.5, 0.6) is 5.75 Å². The first-order valence-electron chi connectivity index (χ1n) is 10.2. The van der Waals surface area contributed by atoms with E-state index in [2.05, 4.69) is 0 Å². The summed E-state index contributed by atoms with van der Waals surface area (Å²) in [4.78, 5) is 50.0. The van der Waals surface area contributed by atoms with Gasteiger partial charge in [0.05, 0.1) is 10.8 Å². The van der Waals surface area contributed by atoms with Gasteiger partial charge < -0.3 is 10.2 Å². The number of non-ortho nitro benzene ring substituents is 1. The van der Waals surface area contributed by atoms with Gasteiger partial charge in [-0.25, -0.2) is 0 Å². The number of nitrogens with zero attached hydrogens (tertiary/aromatic N) is 1. The molecule has 0 amide bonds. The van der Waals surface area contributed by atoms with E-state index >= 15 is 0 Å². The second-order valence-electron chi connectivity index (χ2n) is 10.2. The Morgan fingerprint density at radius 1 is 0.968 bits per heavy atom. The first-order chi connectivity index (χ1) is 14.2. The molecule has 8 nitrogen and oxygen atoms in total. The van der Waals surface area contributed by atoms with Gasteiger partial charge in [0.15, 0.2) is 5.78 Å². The van der Waals surface area contributed by atoms with Gasteiger partial charge in [0.1, 0.15) is 23.1 Å². The number of benzene rings is 1. The third kappa shape index (κ3) is 4.38. The van der Waals surface area contributed by atoms with Crippen molar-refractivity contribution < 1.29 is 29.5 Å². The van der Waals surface area contributed by atoms with E-state index in [4.69, 9.17) is 0 Å². The van der Waals surface area contributed by atoms with Crippen LogP contribution in [-0.2, 0) is 14.4 Å². The number of phenolic OH excluding ortho intramolecular Hbond substituents is 1. The summed E-state index contributed by atoms with van der Waals surface area (Å²) in [6.07, 6.45) is 0.409. The number of phenols is 1. The standard InChI is InChI=1S/C23H27NO7/c1-22(2)8-15(26)20(16(27)9-22)19(13-7-12(24(30)31)5-6-14(13)25)21-17(28)10-23(3,4)11-18(21)29/h5-7,19-20,25,28H,8-11H2,1-4H3/t19-/m1/s1. The number of hydrogen-bond acceptors (Lipinski definition) is 7. The number of allylic oxidation sites excluding steroid dienone is 2. The highest BCUT2D eigenvalue weighted by atomic mass is 16.6. The molecule has 1 saturated carbocycles. The van der Waals surface area contributed by atoms with Crippen LogP contribution in [-0.4, -0.2) is 32.5 Å². The Morgan fingerprint density at radius 2 is 1.52 bits per heavy atom. The lowest BCUT2D eigenvalue weighted by Gasteiger charge is -2.39. The Labute approximate surface area is 180 Å². The summed E-state index contributed by atoms with van der Waals surface area (Å²) in [5.74, 6) is -4.45. The molecule has 0 saturated heterocycles. The minimum Gasteiger partial charge on any atom is -0.512 e. The molecule has 1 aromatic rings. The van der Waals surface area contributed by atoms with Crippen molar-refractivity contribution in [1.29, 1.82) is 0 Å². The second-order valence-corrected chi connectivity index (χ2v) is 10.2. The molecular weight excluding hydrogens is 402 g/mol. The number of carbonyl (C=O) groups excluding carboxylic acids is 3. The summed E-state index contributed by atoms with van der Waals surface area (Å²) in [6, 6.07) is 3.29. The summed E-state index contributed by atoms with van der Waals surface area (Å²) in [5.41, 5.74) is -1.59. The van der Waals surface area contributed by atoms with E-state index in [9.17, 15) is 34.7 Å². The number of Topliss-reactive ketones (excluding diaryl/α,β-unsaturated/α-hetero) is 3. The minimum absolute atomic E-state index is 0.0739. The number of hydrogen-bond donors (Lipinski definition) is 2. The van der Waals surface area contributed by atoms with Crippen LogP contribution in [0.4, 0.5) is 5.69 Å². The Bertz CT molecular complexity index is 999. The van der Waals surface area contributed by atoms with Gasteiger partial charge in [-0.1, -0.05) is 27.7 Å². The van der Waals surface area contributed by atoms with Crippen molar-refractivity contribution >= 4 is 23.0 Å². The van der Waals surface area contributed by atoms with E-state index < -0.39 is 44.9 Å². The van der Waals surface area contributed by atoms with Gasteiger partial charge in [0.25, 0.3) is 5.69 Å². The molecule has 31 heavy (non-hydrogen) atoms. The molecule has 0 heterocycles. The van der Waals surface area contributed by atoms with E-state index in [1.165, 1.54) is 0 Å². The van der Waals surface area contributed by atoms with Crippen LogP contribution in [0, 0.1) is 26.9 Å². The number of aliphatic hydroxyl groups is 1. The lowest BCUT2D eigenvalue weighted by molar-refractivity contribution is -0.385. The topological polar surface area (TPSA) is 135 Å². The van der Waals surface area contributed by atoms with Gasteiger partial charge in [0.2, 0.25) is 0 Å². The molecule has 0 bridgehead atoms. The van der Waals surface area contributed by atoms with Gasteiger partial charge in [0, 0.05) is 54.9 Å². The molecule has 166 valence electrons. The highest BCUT2D eigenvalue weighted by Crippen LogP contribution is 2.49. The third-order valence-electron chi connectivity index (χ3n) is 6.10. The highest BCUT2D eigenvalue weighted by molar-refractivity contribution is 6.09. The van der Waals surface area contributed by atoms with Crippen molar-refractivity contribution in [2.75, 3.05) is 0 Å². The van der Waals surface area contributed by atoms with Gasteiger partial charge in [-0.3, -0.25) is 24.5 Å². The maximum absolute atomic E-state index is 13.1. The zero-order chi connectivity index (χ0) is 23.3. The normalized spacial score (nSPS) is 22.5. The SMILES string of the molecule is CC1(C)CC(=O)C([C@H](C2=C(O)CC(C)(C)CC2=O)c2cc([N+](=O)[O-])ccc2O)C(=O)C1. The second kappa shape index (κ2) is 7.59. The maximum atomic E-state index is 13.1. The Hall–Kier alpha value is -3.03. The Kier molecular flexibility index (Phi) is 5.54. The molecule has 1 atom stereocenters. The molecule has 0 aliphatic heterocycles. The molecule has 0 aromatic heterocycles. The zero-order valence-corrected chi connectivity index (χ0v) is 18.1. The number of aliphatic hydroxyl groups excluding tert-OH is 1. The Morgan fingerprint density at radius 3 is 2.03 bits per heavy atom. The molecule has 0 spiro atoms. The lowest BCUT2D eigenvalue weighted by atomic mass is 9.62. The van der Waals surface area contributed by atoms with E-state index in [0.717, 1.165) is 18.2 Å². The van der Waals surface area contributed by atoms with Gasteiger partial charge in [-0.05, 0) is 16.9 Å². The van der Waals surface area contributed by atoms with Crippen LogP contribution in [0.3, 0.4) is 0 Å². The van der Waals surface area contributed by atoms with Crippen LogP contribution < -0.4 is 0 Å². The molecule has 8 heteroatoms. The maximum Gasteiger partial charge on any atom is 0.269 e. The summed E-state index contributed by atoms with van der Waals surface area (Å²) < 4.78 is 0. The number of ketones is 3. The van der Waals surface area contributed by atoms with Crippen molar-refractivity contribution in [3.05, 3.63) is 45.2 Å². The number of carbonyl (C=O) groups is 3. The lowest BCUT2D eigenvalue weighted by Crippen LogP contribution is -2.43. The molecule has 0 unspecified atom stereocenters. The van der Waals surface area contributed by atoms with Crippen LogP contribution in [0.25, 0.3) is 0 Å². The van der Waals surface area contributed by atoms with Crippen LogP contribution in [0.2, 0.25) is 0 Å². The number of nitro benzene ring substituents is 1. The van der Waals surface area contributed by atoms with Crippen molar-refractivity contribution in [3.8, 4) is 5.75 Å². The number of aromatic hydroxyl groups is 1. The van der Waals surface area contributed by atoms with Crippen LogP contribution in [0.15, 0.2) is 29.5 Å². The predicted molar refractivity (Wildman–Crippen MR) is 112 cm³/mol. The molecule has 1 aromatic carbocycles. The van der Waals surface area contributed by atoms with Gasteiger partial charge in [-0.2, -0.15) is 0 Å². The van der Waals surface area contributed by atoms with E-state index in [1.54, 1.807) is 13.8 Å². The van der Waals surface area contributed by atoms with Crippen molar-refractivity contribution in [2.24, 2.45) is 16.7 Å². The fraction of sp³-hybridized carbons (Fsp3) is 0.522. The van der Waals surface area contributed by atoms with E-state index in [-0.39, 0.29) is 54.0 Å². The van der Waals surface area contributed by atoms with Crippen molar-refractivity contribution in [2.45, 2.75) is 59.3 Å². The highest BCUT2D eigenvalue weighted by Gasteiger charge is 2.49. The molecule has 2 aliphatic rings. The van der Waals surface area contributed by atoms with E-state index in [1.807, 2.05) is 13.8 Å². The van der Waals surface area contributed by atoms with E-state index in [0.29, 0.717) is 0 Å². The summed E-state index contributed by atoms with van der Waals surface area (Å²) in [6.45, 7) is 7.22. The molecule has 2 aliphatic carbocycles. The van der Waals surface area contributed by atoms with Crippen molar-refractivity contribution in [1.82, 2.24) is 0 Å². The average Bonchev–Trinajstić information content (AvgIpc) is 2.57. The molecule has 1 fully saturated rings. The van der Waals surface area contributed by atoms with Crippen LogP contribution >= 0.6 is 0 Å². The monoisotopic (exact) mass is 429 g/mol. The zero-order valence-electron chi connectivity index (χ0n) is 18.1. The van der Waals surface area contributed by atoms with Gasteiger partial charge in [-0.15, -0.1) is 0 Å². The quantitative estimate of drug-likeness (QED) is 0.417. The summed E-state index contributed by atoms with van der Waals surface area (Å²) >= 11 is 0. The molecule has 3 rings (SSSR count). The van der Waals surface area contributed by atoms with Gasteiger partial charge >= 0.3 is 0 Å². The third-order valence-corrected chi connectivity index (χ3v) is 6.10. The summed E-state index contributed by atoms with van der Waals surface area (Å²) in [7, 11) is 0. The van der Waals surface area contributed by atoms with Crippen LogP contribution in [0.1, 0.15) is 64.9 Å². The first-order valence-corrected chi connectivity index (χ1v) is 10.2. The average molecular weight is 429 g/mol. The fourth-order valence-electron chi connectivity index (χ4n) is 4.84. The largest absolute Gasteiger partial charge is 0.512 e. The number of nitro groups is 1. The summed E-state index contributed by atoms with van der Waals surface area (Å²) in [5, 5.41) is 32.7. The predicted octanol–water partition coefficient (Wildman–Crippen LogP) is 4.16. The minimum atomic E-state index is -1.30. The fourth-order valence-corrected chi connectivity index (χ4v) is 4.84. The molecule has 2 N–H and O–H groups in total. The van der Waals surface area contributed by atoms with Crippen molar-refractivity contribution in [3.63, 3.8) is 0 Å². The smallest absolute Gasteiger partial charge is 0.269 e. The number of rotatable bonds is 4. The molecular formula is C23H27NO7. The Balaban J connectivity index is 2.25. The first kappa shape index (κ1) is 22.7.